The highest BCUT2D eigenvalue weighted by molar-refractivity contribution is 7.19. The smallest absolute Gasteiger partial charge is 0.0349 e. The van der Waals surface area contributed by atoms with Crippen LogP contribution >= 0.6 is 11.3 Å². The van der Waals surface area contributed by atoms with Crippen LogP contribution in [0.5, 0.6) is 0 Å². The topological polar surface area (TPSA) is 15.3 Å². The highest BCUT2D eigenvalue weighted by Crippen LogP contribution is 2.32. The van der Waals surface area contributed by atoms with E-state index in [0.29, 0.717) is 5.41 Å². The van der Waals surface area contributed by atoms with Crippen molar-refractivity contribution < 1.29 is 0 Å². The third-order valence-electron chi connectivity index (χ3n) is 3.49. The third-order valence-corrected chi connectivity index (χ3v) is 4.70. The highest BCUT2D eigenvalue weighted by Gasteiger charge is 2.17. The summed E-state index contributed by atoms with van der Waals surface area (Å²) in [7, 11) is 2.23. The molecule has 1 N–H and O–H groups in total. The molecule has 2 rings (SSSR count). The van der Waals surface area contributed by atoms with Crippen molar-refractivity contribution >= 4 is 21.4 Å². The lowest BCUT2D eigenvalue weighted by molar-refractivity contribution is 0.221. The molecule has 0 aliphatic carbocycles. The van der Waals surface area contributed by atoms with Crippen molar-refractivity contribution in [1.29, 1.82) is 0 Å². The summed E-state index contributed by atoms with van der Waals surface area (Å²) in [6.45, 7) is 13.2. The largest absolute Gasteiger partial charge is 0.312 e. The van der Waals surface area contributed by atoms with E-state index >= 15 is 0 Å². The maximum Gasteiger partial charge on any atom is 0.0349 e. The van der Waals surface area contributed by atoms with E-state index in [0.717, 1.165) is 26.2 Å². The van der Waals surface area contributed by atoms with Crippen molar-refractivity contribution in [3.8, 4) is 0 Å². The molecule has 0 saturated carbocycles. The van der Waals surface area contributed by atoms with Gasteiger partial charge in [-0.25, -0.2) is 0 Å². The van der Waals surface area contributed by atoms with Gasteiger partial charge in [-0.3, -0.25) is 0 Å². The number of benzene rings is 1. The van der Waals surface area contributed by atoms with E-state index in [9.17, 15) is 0 Å². The fraction of sp³-hybridized carbons (Fsp3) is 0.556. The number of hydrogen-bond donors (Lipinski definition) is 1. The summed E-state index contributed by atoms with van der Waals surface area (Å²) in [5.41, 5.74) is 1.84. The molecule has 2 nitrogen and oxygen atoms in total. The second kappa shape index (κ2) is 6.91. The van der Waals surface area contributed by atoms with E-state index in [2.05, 4.69) is 69.2 Å². The number of fused-ring (bicyclic) bond motifs is 1. The summed E-state index contributed by atoms with van der Waals surface area (Å²) < 4.78 is 1.41. The maximum absolute atomic E-state index is 3.48. The van der Waals surface area contributed by atoms with E-state index in [1.807, 2.05) is 11.3 Å². The first kappa shape index (κ1) is 16.5. The summed E-state index contributed by atoms with van der Waals surface area (Å²) in [6, 6.07) is 8.79. The van der Waals surface area contributed by atoms with Crippen LogP contribution in [-0.4, -0.2) is 25.0 Å². The van der Waals surface area contributed by atoms with Crippen molar-refractivity contribution in [1.82, 2.24) is 10.2 Å². The van der Waals surface area contributed by atoms with Gasteiger partial charge in [0.1, 0.15) is 0 Å². The lowest BCUT2D eigenvalue weighted by Crippen LogP contribution is -2.29. The van der Waals surface area contributed by atoms with Crippen molar-refractivity contribution in [2.75, 3.05) is 20.1 Å². The van der Waals surface area contributed by atoms with Gasteiger partial charge in [-0.2, -0.15) is 0 Å². The molecular weight excluding hydrogens is 276 g/mol. The zero-order valence-corrected chi connectivity index (χ0v) is 14.8. The highest BCUT2D eigenvalue weighted by atomic mass is 32.1. The molecule has 116 valence electrons. The van der Waals surface area contributed by atoms with Gasteiger partial charge >= 0.3 is 0 Å². The summed E-state index contributed by atoms with van der Waals surface area (Å²) in [4.78, 5) is 3.93. The fourth-order valence-electron chi connectivity index (χ4n) is 2.84. The van der Waals surface area contributed by atoms with Crippen LogP contribution in [0, 0.1) is 5.41 Å². The molecule has 3 heteroatoms. The molecule has 0 aliphatic heterocycles. The Labute approximate surface area is 133 Å². The van der Waals surface area contributed by atoms with Crippen LogP contribution in [0.2, 0.25) is 0 Å². The lowest BCUT2D eigenvalue weighted by Gasteiger charge is -2.26. The Balaban J connectivity index is 2.27. The maximum atomic E-state index is 3.48. The van der Waals surface area contributed by atoms with Gasteiger partial charge in [0.25, 0.3) is 0 Å². The van der Waals surface area contributed by atoms with E-state index in [-0.39, 0.29) is 0 Å². The lowest BCUT2D eigenvalue weighted by atomic mass is 9.96. The van der Waals surface area contributed by atoms with Gasteiger partial charge in [0.05, 0.1) is 0 Å². The van der Waals surface area contributed by atoms with Crippen molar-refractivity contribution in [2.24, 2.45) is 5.41 Å². The van der Waals surface area contributed by atoms with Crippen molar-refractivity contribution in [3.05, 3.63) is 34.7 Å². The van der Waals surface area contributed by atoms with Crippen LogP contribution < -0.4 is 5.32 Å². The second-order valence-corrected chi connectivity index (χ2v) is 8.15. The Morgan fingerprint density at radius 2 is 1.90 bits per heavy atom. The van der Waals surface area contributed by atoms with Gasteiger partial charge in [0, 0.05) is 29.2 Å². The van der Waals surface area contributed by atoms with Gasteiger partial charge in [0.15, 0.2) is 0 Å². The molecule has 0 radical (unpaired) electrons. The molecule has 0 amide bonds. The number of rotatable bonds is 6. The molecule has 2 aromatic rings. The summed E-state index contributed by atoms with van der Waals surface area (Å²) in [6.07, 6.45) is 0. The van der Waals surface area contributed by atoms with E-state index < -0.39 is 0 Å². The number of hydrogen-bond acceptors (Lipinski definition) is 3. The van der Waals surface area contributed by atoms with Crippen LogP contribution in [0.4, 0.5) is 0 Å². The minimum atomic E-state index is 0.336. The molecular formula is C18H28N2S. The quantitative estimate of drug-likeness (QED) is 0.846. The van der Waals surface area contributed by atoms with Crippen LogP contribution in [0.1, 0.15) is 38.1 Å². The molecule has 0 fully saturated rings. The van der Waals surface area contributed by atoms with Gasteiger partial charge in [-0.1, -0.05) is 45.9 Å². The van der Waals surface area contributed by atoms with Gasteiger partial charge in [0.2, 0.25) is 0 Å². The minimum Gasteiger partial charge on any atom is -0.312 e. The zero-order valence-electron chi connectivity index (χ0n) is 14.0. The minimum absolute atomic E-state index is 0.336. The average Bonchev–Trinajstić information content (AvgIpc) is 2.72. The molecule has 1 aromatic carbocycles. The Morgan fingerprint density at radius 1 is 1.19 bits per heavy atom. The Bertz CT molecular complexity index is 580. The van der Waals surface area contributed by atoms with E-state index in [1.165, 1.54) is 20.5 Å². The summed E-state index contributed by atoms with van der Waals surface area (Å²) >= 11 is 1.93. The summed E-state index contributed by atoms with van der Waals surface area (Å²) in [5.74, 6) is 0. The molecule has 1 aromatic heterocycles. The normalized spacial score (nSPS) is 12.5. The number of nitrogens with one attached hydrogen (secondary N) is 1. The Hall–Kier alpha value is -0.900. The Morgan fingerprint density at radius 3 is 2.57 bits per heavy atom. The first-order valence-corrected chi connectivity index (χ1v) is 8.61. The van der Waals surface area contributed by atoms with E-state index in [1.54, 1.807) is 0 Å². The predicted molar refractivity (Wildman–Crippen MR) is 95.0 cm³/mol. The van der Waals surface area contributed by atoms with Gasteiger partial charge in [-0.15, -0.1) is 11.3 Å². The monoisotopic (exact) mass is 304 g/mol. The van der Waals surface area contributed by atoms with Crippen LogP contribution in [0.15, 0.2) is 24.3 Å². The number of nitrogens with zero attached hydrogens (tertiary/aromatic N) is 1. The Kier molecular flexibility index (Phi) is 5.42. The first-order chi connectivity index (χ1) is 9.90. The first-order valence-electron chi connectivity index (χ1n) is 7.79. The number of thiophene rings is 1. The molecule has 0 spiro atoms. The SMILES string of the molecule is CCNCc1sc2ccccc2c1CN(C)CC(C)(C)C. The standard InChI is InChI=1S/C18H28N2S/c1-6-19-11-17-15(12-20(5)13-18(2,3)4)14-9-7-8-10-16(14)21-17/h7-10,19H,6,11-13H2,1-5H3. The molecule has 21 heavy (non-hydrogen) atoms. The molecule has 1 heterocycles. The van der Waals surface area contributed by atoms with Crippen molar-refractivity contribution in [3.63, 3.8) is 0 Å². The van der Waals surface area contributed by atoms with E-state index in [4.69, 9.17) is 0 Å². The molecule has 0 bridgehead atoms. The molecule has 0 aliphatic rings. The molecule has 0 unspecified atom stereocenters. The molecule has 0 atom stereocenters. The van der Waals surface area contributed by atoms with Gasteiger partial charge < -0.3 is 10.2 Å². The fourth-order valence-corrected chi connectivity index (χ4v) is 4.02. The average molecular weight is 305 g/mol. The van der Waals surface area contributed by atoms with Crippen molar-refractivity contribution in [2.45, 2.75) is 40.8 Å². The van der Waals surface area contributed by atoms with Crippen LogP contribution in [0.3, 0.4) is 0 Å². The van der Waals surface area contributed by atoms with Crippen LogP contribution in [-0.2, 0) is 13.1 Å². The third kappa shape index (κ3) is 4.53. The van der Waals surface area contributed by atoms with Gasteiger partial charge in [-0.05, 0) is 36.0 Å². The second-order valence-electron chi connectivity index (χ2n) is 7.01. The summed E-state index contributed by atoms with van der Waals surface area (Å²) in [5, 5.41) is 4.91. The predicted octanol–water partition coefficient (Wildman–Crippen LogP) is 4.49. The van der Waals surface area contributed by atoms with Crippen LogP contribution in [0.25, 0.3) is 10.1 Å². The molecule has 0 saturated heterocycles. The zero-order chi connectivity index (χ0) is 15.5.